The van der Waals surface area contributed by atoms with E-state index in [9.17, 15) is 0 Å². The van der Waals surface area contributed by atoms with Gasteiger partial charge in [0.25, 0.3) is 0 Å². The van der Waals surface area contributed by atoms with Crippen molar-refractivity contribution in [2.24, 2.45) is 11.3 Å². The third-order valence-corrected chi connectivity index (χ3v) is 6.97. The Morgan fingerprint density at radius 1 is 0.828 bits per heavy atom. The van der Waals surface area contributed by atoms with Crippen LogP contribution >= 0.6 is 0 Å². The van der Waals surface area contributed by atoms with Gasteiger partial charge in [-0.1, -0.05) is 12.8 Å². The van der Waals surface area contributed by atoms with E-state index < -0.39 is 0 Å². The largest absolute Gasteiger partial charge is 0.381 e. The maximum Gasteiger partial charge on any atom is 0.0602 e. The van der Waals surface area contributed by atoms with Gasteiger partial charge in [-0.2, -0.15) is 0 Å². The lowest BCUT2D eigenvalue weighted by Gasteiger charge is -2.62. The Morgan fingerprint density at radius 3 is 2.10 bits per heavy atom. The smallest absolute Gasteiger partial charge is 0.0602 e. The summed E-state index contributed by atoms with van der Waals surface area (Å²) in [4.78, 5) is 2.60. The van der Waals surface area contributed by atoms with E-state index in [1.165, 1.54) is 58.0 Å². The van der Waals surface area contributed by atoms with Crippen molar-refractivity contribution in [3.05, 3.63) is 0 Å². The van der Waals surface area contributed by atoms with Crippen LogP contribution in [0.5, 0.6) is 0 Å². The average molecular weight is 410 g/mol. The molecule has 2 saturated carbocycles. The molecule has 0 aromatic heterocycles. The minimum Gasteiger partial charge on any atom is -0.381 e. The molecule has 0 amide bonds. The number of likely N-dealkylation sites (tertiary alicyclic amines) is 1. The predicted molar refractivity (Wildman–Crippen MR) is 119 cm³/mol. The fourth-order valence-electron chi connectivity index (χ4n) is 5.18. The molecule has 3 rings (SSSR count). The van der Waals surface area contributed by atoms with Crippen molar-refractivity contribution in [2.45, 2.75) is 116 Å². The van der Waals surface area contributed by atoms with E-state index >= 15 is 0 Å². The van der Waals surface area contributed by atoms with Gasteiger partial charge >= 0.3 is 0 Å². The Balaban J connectivity index is 1.06. The normalized spacial score (nSPS) is 27.5. The van der Waals surface area contributed by atoms with Crippen LogP contribution in [0.2, 0.25) is 0 Å². The molecule has 0 aromatic carbocycles. The fraction of sp³-hybridized carbons (Fsp3) is 1.00. The van der Waals surface area contributed by atoms with Crippen LogP contribution in [0.25, 0.3) is 0 Å². The lowest BCUT2D eigenvalue weighted by molar-refractivity contribution is -0.172. The van der Waals surface area contributed by atoms with Gasteiger partial charge in [0.2, 0.25) is 0 Å². The van der Waals surface area contributed by atoms with Gasteiger partial charge < -0.3 is 14.2 Å². The summed E-state index contributed by atoms with van der Waals surface area (Å²) < 4.78 is 17.9. The molecule has 0 radical (unpaired) electrons. The Hall–Kier alpha value is -0.160. The molecule has 1 saturated heterocycles. The van der Waals surface area contributed by atoms with Crippen LogP contribution in [0, 0.1) is 11.3 Å². The summed E-state index contributed by atoms with van der Waals surface area (Å²) in [7, 11) is 0. The van der Waals surface area contributed by atoms with Crippen molar-refractivity contribution in [3.8, 4) is 0 Å². The molecule has 1 spiro atoms. The molecule has 0 unspecified atom stereocenters. The van der Waals surface area contributed by atoms with E-state index in [0.717, 1.165) is 32.2 Å². The van der Waals surface area contributed by atoms with Crippen molar-refractivity contribution in [1.82, 2.24) is 4.90 Å². The molecule has 0 bridgehead atoms. The Bertz CT molecular complexity index is 487. The molecule has 1 aliphatic heterocycles. The zero-order valence-corrected chi connectivity index (χ0v) is 20.1. The van der Waals surface area contributed by atoms with Gasteiger partial charge in [-0.15, -0.1) is 0 Å². The fourth-order valence-corrected chi connectivity index (χ4v) is 5.18. The number of ether oxygens (including phenoxy) is 3. The van der Waals surface area contributed by atoms with E-state index in [1.54, 1.807) is 0 Å². The van der Waals surface area contributed by atoms with Gasteiger partial charge in [0.1, 0.15) is 0 Å². The SMILES string of the molecule is CC(C)(C)OC1CC(CCCCOCCCOC2CC3(C2)CN(C(C)(C)C)C3)C1. The summed E-state index contributed by atoms with van der Waals surface area (Å²) in [5.41, 5.74) is 0.932. The van der Waals surface area contributed by atoms with Gasteiger partial charge in [0.15, 0.2) is 0 Å². The van der Waals surface area contributed by atoms with Crippen molar-refractivity contribution in [3.63, 3.8) is 0 Å². The van der Waals surface area contributed by atoms with Crippen LogP contribution < -0.4 is 0 Å². The topological polar surface area (TPSA) is 30.9 Å². The molecule has 4 heteroatoms. The van der Waals surface area contributed by atoms with Gasteiger partial charge in [-0.05, 0) is 86.0 Å². The summed E-state index contributed by atoms with van der Waals surface area (Å²) in [6.45, 7) is 18.6. The molecule has 2 aliphatic carbocycles. The molecule has 0 N–H and O–H groups in total. The summed E-state index contributed by atoms with van der Waals surface area (Å²) in [5, 5.41) is 0. The van der Waals surface area contributed by atoms with Crippen LogP contribution in [0.1, 0.15) is 92.9 Å². The number of rotatable bonds is 11. The Labute approximate surface area is 180 Å². The Morgan fingerprint density at radius 2 is 1.48 bits per heavy atom. The molecular weight excluding hydrogens is 362 g/mol. The molecule has 3 aliphatic rings. The quantitative estimate of drug-likeness (QED) is 0.425. The summed E-state index contributed by atoms with van der Waals surface area (Å²) >= 11 is 0. The number of nitrogens with zero attached hydrogens (tertiary/aromatic N) is 1. The number of hydrogen-bond donors (Lipinski definition) is 0. The molecule has 0 aromatic rings. The van der Waals surface area contributed by atoms with Crippen LogP contribution in [0.4, 0.5) is 0 Å². The lowest BCUT2D eigenvalue weighted by Crippen LogP contribution is -2.68. The zero-order valence-electron chi connectivity index (χ0n) is 20.1. The van der Waals surface area contributed by atoms with Crippen LogP contribution in [0.3, 0.4) is 0 Å². The molecule has 0 atom stereocenters. The van der Waals surface area contributed by atoms with E-state index in [2.05, 4.69) is 46.4 Å². The van der Waals surface area contributed by atoms with E-state index in [1.807, 2.05) is 0 Å². The van der Waals surface area contributed by atoms with E-state index in [-0.39, 0.29) is 5.60 Å². The minimum atomic E-state index is 0.0118. The molecule has 4 nitrogen and oxygen atoms in total. The maximum absolute atomic E-state index is 6.05. The van der Waals surface area contributed by atoms with Gasteiger partial charge in [-0.3, -0.25) is 4.90 Å². The first kappa shape index (κ1) is 23.5. The zero-order chi connectivity index (χ0) is 21.1. The number of unbranched alkanes of at least 4 members (excludes halogenated alkanes) is 1. The molecule has 3 fully saturated rings. The lowest BCUT2D eigenvalue weighted by atomic mass is 9.61. The summed E-state index contributed by atoms with van der Waals surface area (Å²) in [5.74, 6) is 0.882. The van der Waals surface area contributed by atoms with Crippen LogP contribution in [0.15, 0.2) is 0 Å². The van der Waals surface area contributed by atoms with E-state index in [4.69, 9.17) is 14.2 Å². The van der Waals surface area contributed by atoms with Crippen LogP contribution in [-0.2, 0) is 14.2 Å². The summed E-state index contributed by atoms with van der Waals surface area (Å²) in [6, 6.07) is 0. The minimum absolute atomic E-state index is 0.0118. The van der Waals surface area contributed by atoms with Crippen molar-refractivity contribution >= 4 is 0 Å². The second kappa shape index (κ2) is 9.54. The van der Waals surface area contributed by atoms with Crippen molar-refractivity contribution in [2.75, 3.05) is 32.9 Å². The molecule has 1 heterocycles. The number of hydrogen-bond acceptors (Lipinski definition) is 4. The monoisotopic (exact) mass is 409 g/mol. The highest BCUT2D eigenvalue weighted by Gasteiger charge is 2.54. The standard InChI is InChI=1S/C25H47NO3/c1-23(2,3)26-18-25(19-26)16-22(17-25)28-13-9-12-27-11-8-7-10-20-14-21(15-20)29-24(4,5)6/h20-22H,7-19H2,1-6H3. The average Bonchev–Trinajstić information content (AvgIpc) is 2.47. The van der Waals surface area contributed by atoms with Gasteiger partial charge in [0.05, 0.1) is 17.8 Å². The van der Waals surface area contributed by atoms with Gasteiger partial charge in [-0.25, -0.2) is 0 Å². The highest BCUT2D eigenvalue weighted by molar-refractivity contribution is 5.07. The Kier molecular flexibility index (Phi) is 7.73. The van der Waals surface area contributed by atoms with Crippen molar-refractivity contribution < 1.29 is 14.2 Å². The molecule has 170 valence electrons. The predicted octanol–water partition coefficient (Wildman–Crippen LogP) is 5.44. The molecular formula is C25H47NO3. The highest BCUT2D eigenvalue weighted by atomic mass is 16.5. The van der Waals surface area contributed by atoms with Crippen molar-refractivity contribution in [1.29, 1.82) is 0 Å². The van der Waals surface area contributed by atoms with Gasteiger partial charge in [0, 0.05) is 43.9 Å². The van der Waals surface area contributed by atoms with Crippen LogP contribution in [-0.4, -0.2) is 61.2 Å². The third kappa shape index (κ3) is 7.19. The summed E-state index contributed by atoms with van der Waals surface area (Å²) in [6.07, 6.45) is 10.9. The highest BCUT2D eigenvalue weighted by Crippen LogP contribution is 2.51. The first-order chi connectivity index (χ1) is 13.5. The first-order valence-electron chi connectivity index (χ1n) is 12.2. The van der Waals surface area contributed by atoms with E-state index in [0.29, 0.717) is 23.2 Å². The first-order valence-corrected chi connectivity index (χ1v) is 12.2. The second-order valence-corrected chi connectivity index (χ2v) is 12.1. The third-order valence-electron chi connectivity index (χ3n) is 6.97. The maximum atomic E-state index is 6.05. The molecule has 29 heavy (non-hydrogen) atoms. The second-order valence-electron chi connectivity index (χ2n) is 12.1.